The van der Waals surface area contributed by atoms with Crippen molar-refractivity contribution in [3.63, 3.8) is 0 Å². The number of hydrogen-bond donors (Lipinski definition) is 2. The lowest BCUT2D eigenvalue weighted by Crippen LogP contribution is -2.62. The second-order valence-corrected chi connectivity index (χ2v) is 6.34. The molecule has 1 spiro atoms. The number of phenols is 1. The van der Waals surface area contributed by atoms with Crippen LogP contribution in [0.1, 0.15) is 45.4 Å². The Kier molecular flexibility index (Phi) is 4.07. The van der Waals surface area contributed by atoms with Crippen molar-refractivity contribution in [1.82, 2.24) is 0 Å². The molecule has 0 bridgehead atoms. The van der Waals surface area contributed by atoms with Crippen LogP contribution in [0, 0.1) is 11.2 Å². The Morgan fingerprint density at radius 1 is 1.33 bits per heavy atom. The molecule has 3 nitrogen and oxygen atoms in total. The maximum absolute atomic E-state index is 13.5. The first kappa shape index (κ1) is 14.6. The highest BCUT2D eigenvalue weighted by molar-refractivity contribution is 5.49. The van der Waals surface area contributed by atoms with Crippen LogP contribution in [-0.2, 0) is 4.74 Å². The van der Waals surface area contributed by atoms with E-state index in [0.717, 1.165) is 18.7 Å². The second-order valence-electron chi connectivity index (χ2n) is 6.34. The van der Waals surface area contributed by atoms with Gasteiger partial charge in [0.2, 0.25) is 0 Å². The number of aromatic hydroxyl groups is 1. The van der Waals surface area contributed by atoms with Gasteiger partial charge >= 0.3 is 0 Å². The third kappa shape index (κ3) is 2.61. The van der Waals surface area contributed by atoms with Gasteiger partial charge in [-0.25, -0.2) is 4.39 Å². The summed E-state index contributed by atoms with van der Waals surface area (Å²) in [5, 5.41) is 12.7. The third-order valence-electron chi connectivity index (χ3n) is 5.23. The van der Waals surface area contributed by atoms with Crippen LogP contribution in [0.5, 0.6) is 5.75 Å². The molecule has 1 aromatic rings. The van der Waals surface area contributed by atoms with Crippen LogP contribution in [0.4, 0.5) is 10.1 Å². The summed E-state index contributed by atoms with van der Waals surface area (Å²) in [5.74, 6) is -0.868. The van der Waals surface area contributed by atoms with E-state index in [1.807, 2.05) is 6.92 Å². The highest BCUT2D eigenvalue weighted by Gasteiger charge is 2.55. The molecule has 0 aromatic heterocycles. The fourth-order valence-electron chi connectivity index (χ4n) is 4.06. The van der Waals surface area contributed by atoms with E-state index in [9.17, 15) is 9.50 Å². The molecule has 0 radical (unpaired) electrons. The molecule has 4 heteroatoms. The number of hydrogen-bond acceptors (Lipinski definition) is 3. The summed E-state index contributed by atoms with van der Waals surface area (Å²) < 4.78 is 19.4. The molecule has 2 N–H and O–H groups in total. The predicted molar refractivity (Wildman–Crippen MR) is 81.0 cm³/mol. The molecular formula is C17H24FNO2. The first-order valence-electron chi connectivity index (χ1n) is 8.02. The van der Waals surface area contributed by atoms with Gasteiger partial charge in [-0.15, -0.1) is 0 Å². The van der Waals surface area contributed by atoms with E-state index in [2.05, 4.69) is 5.32 Å². The van der Waals surface area contributed by atoms with Gasteiger partial charge in [-0.2, -0.15) is 0 Å². The number of benzene rings is 1. The van der Waals surface area contributed by atoms with Gasteiger partial charge in [-0.05, 0) is 38.3 Å². The molecule has 2 aliphatic rings. The summed E-state index contributed by atoms with van der Waals surface area (Å²) in [6.07, 6.45) is 7.52. The Balaban J connectivity index is 1.73. The second kappa shape index (κ2) is 5.84. The fraction of sp³-hybridized carbons (Fsp3) is 0.647. The van der Waals surface area contributed by atoms with Crippen LogP contribution >= 0.6 is 0 Å². The van der Waals surface area contributed by atoms with Crippen LogP contribution in [-0.4, -0.2) is 23.9 Å². The van der Waals surface area contributed by atoms with Gasteiger partial charge in [0.05, 0.1) is 6.10 Å². The van der Waals surface area contributed by atoms with Crippen molar-refractivity contribution < 1.29 is 14.2 Å². The normalized spacial score (nSPS) is 27.3. The number of rotatable bonds is 4. The maximum Gasteiger partial charge on any atom is 0.166 e. The smallest absolute Gasteiger partial charge is 0.166 e. The first-order chi connectivity index (χ1) is 10.2. The van der Waals surface area contributed by atoms with Crippen molar-refractivity contribution in [3.05, 3.63) is 24.0 Å². The zero-order valence-electron chi connectivity index (χ0n) is 12.6. The van der Waals surface area contributed by atoms with E-state index in [4.69, 9.17) is 4.74 Å². The summed E-state index contributed by atoms with van der Waals surface area (Å²) in [6.45, 7) is 2.81. The van der Waals surface area contributed by atoms with E-state index in [1.54, 1.807) is 6.07 Å². The molecule has 116 valence electrons. The summed E-state index contributed by atoms with van der Waals surface area (Å²) >= 11 is 0. The highest BCUT2D eigenvalue weighted by atomic mass is 19.1. The molecule has 0 aliphatic heterocycles. The lowest BCUT2D eigenvalue weighted by atomic mass is 9.55. The van der Waals surface area contributed by atoms with Gasteiger partial charge in [0, 0.05) is 29.8 Å². The van der Waals surface area contributed by atoms with Gasteiger partial charge in [-0.1, -0.05) is 19.3 Å². The predicted octanol–water partition coefficient (Wildman–Crippen LogP) is 4.07. The van der Waals surface area contributed by atoms with Gasteiger partial charge in [0.15, 0.2) is 11.6 Å². The quantitative estimate of drug-likeness (QED) is 0.822. The minimum Gasteiger partial charge on any atom is -0.505 e. The SMILES string of the molecule is CCOC1CC(Nc2ccc(O)c(F)c2)C12CCCCC2. The van der Waals surface area contributed by atoms with Gasteiger partial charge in [-0.3, -0.25) is 0 Å². The standard InChI is InChI=1S/C17H24FNO2/c1-2-21-16-11-15(17(16)8-4-3-5-9-17)19-12-6-7-14(20)13(18)10-12/h6-7,10,15-16,19-20H,2-5,8-9,11H2,1H3. The van der Waals surface area contributed by atoms with Crippen LogP contribution in [0.3, 0.4) is 0 Å². The third-order valence-corrected chi connectivity index (χ3v) is 5.23. The Bertz CT molecular complexity index is 500. The molecule has 0 saturated heterocycles. The molecule has 1 aromatic carbocycles. The van der Waals surface area contributed by atoms with E-state index < -0.39 is 5.82 Å². The molecule has 2 unspecified atom stereocenters. The number of anilines is 1. The molecule has 0 heterocycles. The molecule has 3 rings (SSSR count). The zero-order valence-corrected chi connectivity index (χ0v) is 12.6. The van der Waals surface area contributed by atoms with Crippen molar-refractivity contribution in [3.8, 4) is 5.75 Å². The van der Waals surface area contributed by atoms with Gasteiger partial charge < -0.3 is 15.2 Å². The Morgan fingerprint density at radius 3 is 2.76 bits per heavy atom. The summed E-state index contributed by atoms with van der Waals surface area (Å²) in [4.78, 5) is 0. The zero-order chi connectivity index (χ0) is 14.9. The minimum absolute atomic E-state index is 0.211. The molecule has 0 amide bonds. The van der Waals surface area contributed by atoms with Crippen molar-refractivity contribution in [1.29, 1.82) is 0 Å². The molecule has 2 atom stereocenters. The van der Waals surface area contributed by atoms with Crippen LogP contribution in [0.15, 0.2) is 18.2 Å². The molecular weight excluding hydrogens is 269 g/mol. The van der Waals surface area contributed by atoms with Crippen LogP contribution in [0.2, 0.25) is 0 Å². The van der Waals surface area contributed by atoms with E-state index in [1.165, 1.54) is 44.2 Å². The summed E-state index contributed by atoms with van der Waals surface area (Å²) in [6, 6.07) is 4.87. The highest BCUT2D eigenvalue weighted by Crippen LogP contribution is 2.54. The Morgan fingerprint density at radius 2 is 2.10 bits per heavy atom. The lowest BCUT2D eigenvalue weighted by molar-refractivity contribution is -0.134. The lowest BCUT2D eigenvalue weighted by Gasteiger charge is -2.58. The van der Waals surface area contributed by atoms with E-state index in [0.29, 0.717) is 12.1 Å². The number of phenolic OH excluding ortho intramolecular Hbond substituents is 1. The van der Waals surface area contributed by atoms with Crippen molar-refractivity contribution in [2.45, 2.75) is 57.6 Å². The molecule has 2 aliphatic carbocycles. The fourth-order valence-corrected chi connectivity index (χ4v) is 4.06. The number of ether oxygens (including phenoxy) is 1. The number of nitrogens with one attached hydrogen (secondary N) is 1. The largest absolute Gasteiger partial charge is 0.505 e. The maximum atomic E-state index is 13.5. The van der Waals surface area contributed by atoms with Crippen LogP contribution < -0.4 is 5.32 Å². The average Bonchev–Trinajstić information content (AvgIpc) is 2.50. The minimum atomic E-state index is -0.571. The van der Waals surface area contributed by atoms with Gasteiger partial charge in [0.25, 0.3) is 0 Å². The molecule has 2 saturated carbocycles. The first-order valence-corrected chi connectivity index (χ1v) is 8.02. The van der Waals surface area contributed by atoms with Gasteiger partial charge in [0.1, 0.15) is 0 Å². The Labute approximate surface area is 125 Å². The Hall–Kier alpha value is -1.29. The monoisotopic (exact) mass is 293 g/mol. The van der Waals surface area contributed by atoms with Crippen LogP contribution in [0.25, 0.3) is 0 Å². The summed E-state index contributed by atoms with van der Waals surface area (Å²) in [5.41, 5.74) is 0.956. The summed E-state index contributed by atoms with van der Waals surface area (Å²) in [7, 11) is 0. The van der Waals surface area contributed by atoms with E-state index >= 15 is 0 Å². The number of halogens is 1. The van der Waals surface area contributed by atoms with Crippen molar-refractivity contribution in [2.24, 2.45) is 5.41 Å². The average molecular weight is 293 g/mol. The topological polar surface area (TPSA) is 41.5 Å². The molecule has 21 heavy (non-hydrogen) atoms. The van der Waals surface area contributed by atoms with E-state index in [-0.39, 0.29) is 11.2 Å². The molecule has 2 fully saturated rings. The van der Waals surface area contributed by atoms with Crippen molar-refractivity contribution in [2.75, 3.05) is 11.9 Å². The van der Waals surface area contributed by atoms with Crippen molar-refractivity contribution >= 4 is 5.69 Å².